The smallest absolute Gasteiger partial charge is 0.139 e. The lowest BCUT2D eigenvalue weighted by Crippen LogP contribution is -2.26. The van der Waals surface area contributed by atoms with Crippen LogP contribution in [0.4, 0.5) is 15.8 Å². The molecule has 0 radical (unpaired) electrons. The molecule has 1 aromatic carbocycles. The molecule has 1 atom stereocenters. The minimum Gasteiger partial charge on any atom is -0.397 e. The summed E-state index contributed by atoms with van der Waals surface area (Å²) in [6, 6.07) is 3.22. The number of benzene rings is 1. The Kier molecular flexibility index (Phi) is 4.62. The molecule has 0 spiro atoms. The Hall–Kier alpha value is -0.770. The van der Waals surface area contributed by atoms with Crippen molar-refractivity contribution in [1.29, 1.82) is 0 Å². The fourth-order valence-electron chi connectivity index (χ4n) is 3.03. The van der Waals surface area contributed by atoms with Gasteiger partial charge in [-0.1, -0.05) is 20.8 Å². The Bertz CT molecular complexity index is 482. The zero-order chi connectivity index (χ0) is 14.9. The topological polar surface area (TPSA) is 29.3 Å². The van der Waals surface area contributed by atoms with Crippen LogP contribution in [-0.4, -0.2) is 13.1 Å². The molecule has 1 aliphatic heterocycles. The fraction of sp³-hybridized carbons (Fsp3) is 0.625. The summed E-state index contributed by atoms with van der Waals surface area (Å²) in [7, 11) is 0. The number of rotatable bonds is 1. The first kappa shape index (κ1) is 15.6. The lowest BCUT2D eigenvalue weighted by Gasteiger charge is -2.30. The van der Waals surface area contributed by atoms with Crippen molar-refractivity contribution in [3.8, 4) is 0 Å². The molecule has 0 aromatic heterocycles. The summed E-state index contributed by atoms with van der Waals surface area (Å²) in [5.74, 6) is 0.472. The van der Waals surface area contributed by atoms with E-state index in [1.165, 1.54) is 6.42 Å². The molecule has 2 nitrogen and oxygen atoms in total. The zero-order valence-corrected chi connectivity index (χ0v) is 14.1. The van der Waals surface area contributed by atoms with E-state index in [0.717, 1.165) is 31.6 Å². The second-order valence-corrected chi connectivity index (χ2v) is 7.66. The minimum atomic E-state index is -0.245. The lowest BCUT2D eigenvalue weighted by molar-refractivity contribution is 0.220. The quantitative estimate of drug-likeness (QED) is 0.741. The van der Waals surface area contributed by atoms with E-state index in [1.54, 1.807) is 12.1 Å². The molecular formula is C16H24BrFN2. The highest BCUT2D eigenvalue weighted by Gasteiger charge is 2.27. The van der Waals surface area contributed by atoms with E-state index >= 15 is 0 Å². The summed E-state index contributed by atoms with van der Waals surface area (Å²) in [5, 5.41) is 0. The van der Waals surface area contributed by atoms with Crippen molar-refractivity contribution in [2.45, 2.75) is 40.0 Å². The monoisotopic (exact) mass is 342 g/mol. The third kappa shape index (κ3) is 3.46. The average Bonchev–Trinajstić information content (AvgIpc) is 2.59. The van der Waals surface area contributed by atoms with Crippen molar-refractivity contribution in [2.75, 3.05) is 23.7 Å². The number of halogens is 2. The molecule has 0 amide bonds. The average molecular weight is 343 g/mol. The molecular weight excluding hydrogens is 319 g/mol. The van der Waals surface area contributed by atoms with E-state index in [0.29, 0.717) is 21.5 Å². The molecule has 0 bridgehead atoms. The maximum Gasteiger partial charge on any atom is 0.139 e. The van der Waals surface area contributed by atoms with Gasteiger partial charge in [0, 0.05) is 19.2 Å². The lowest BCUT2D eigenvalue weighted by atomic mass is 9.77. The Morgan fingerprint density at radius 3 is 2.60 bits per heavy atom. The van der Waals surface area contributed by atoms with Gasteiger partial charge < -0.3 is 10.6 Å². The Morgan fingerprint density at radius 1 is 1.25 bits per heavy atom. The van der Waals surface area contributed by atoms with Gasteiger partial charge in [0.1, 0.15) is 5.82 Å². The molecule has 1 aromatic rings. The number of nitrogen functional groups attached to an aromatic ring is 1. The Morgan fingerprint density at radius 2 is 1.95 bits per heavy atom. The summed E-state index contributed by atoms with van der Waals surface area (Å²) < 4.78 is 14.2. The molecule has 2 N–H and O–H groups in total. The fourth-order valence-corrected chi connectivity index (χ4v) is 3.39. The summed E-state index contributed by atoms with van der Waals surface area (Å²) in [6.07, 6.45) is 3.51. The standard InChI is InChI=1S/C16H24BrFN2/c1-16(2,3)11-5-4-7-20(8-6-11)15-10-13(18)12(17)9-14(15)19/h9-11H,4-8,19H2,1-3H3. The normalized spacial score (nSPS) is 20.9. The molecule has 1 saturated heterocycles. The van der Waals surface area contributed by atoms with Gasteiger partial charge in [0.15, 0.2) is 0 Å². The van der Waals surface area contributed by atoms with Crippen LogP contribution < -0.4 is 10.6 Å². The molecule has 0 aliphatic carbocycles. The van der Waals surface area contributed by atoms with Gasteiger partial charge >= 0.3 is 0 Å². The van der Waals surface area contributed by atoms with Gasteiger partial charge in [-0.15, -0.1) is 0 Å². The number of hydrogen-bond acceptors (Lipinski definition) is 2. The molecule has 1 heterocycles. The van der Waals surface area contributed by atoms with Crippen molar-refractivity contribution in [2.24, 2.45) is 11.3 Å². The molecule has 1 fully saturated rings. The first-order valence-corrected chi connectivity index (χ1v) is 8.08. The van der Waals surface area contributed by atoms with Gasteiger partial charge in [0.2, 0.25) is 0 Å². The second kappa shape index (κ2) is 5.92. The van der Waals surface area contributed by atoms with E-state index in [-0.39, 0.29) is 5.82 Å². The van der Waals surface area contributed by atoms with Crippen LogP contribution >= 0.6 is 15.9 Å². The Labute approximate surface area is 129 Å². The van der Waals surface area contributed by atoms with Gasteiger partial charge in [-0.2, -0.15) is 0 Å². The summed E-state index contributed by atoms with van der Waals surface area (Å²) in [4.78, 5) is 2.23. The molecule has 1 unspecified atom stereocenters. The number of anilines is 2. The van der Waals surface area contributed by atoms with Crippen LogP contribution in [0.5, 0.6) is 0 Å². The third-order valence-electron chi connectivity index (χ3n) is 4.36. The summed E-state index contributed by atoms with van der Waals surface area (Å²) in [5.41, 5.74) is 7.87. The van der Waals surface area contributed by atoms with Crippen LogP contribution in [0.3, 0.4) is 0 Å². The number of nitrogens with zero attached hydrogens (tertiary/aromatic N) is 1. The minimum absolute atomic E-state index is 0.245. The summed E-state index contributed by atoms with van der Waals surface area (Å²) >= 11 is 3.18. The third-order valence-corrected chi connectivity index (χ3v) is 4.97. The predicted octanol–water partition coefficient (Wildman–Crippen LogP) is 4.82. The first-order valence-electron chi connectivity index (χ1n) is 7.28. The van der Waals surface area contributed by atoms with E-state index in [2.05, 4.69) is 41.6 Å². The zero-order valence-electron chi connectivity index (χ0n) is 12.5. The van der Waals surface area contributed by atoms with Crippen LogP contribution in [-0.2, 0) is 0 Å². The van der Waals surface area contributed by atoms with Crippen LogP contribution in [0.25, 0.3) is 0 Å². The van der Waals surface area contributed by atoms with E-state index < -0.39 is 0 Å². The van der Waals surface area contributed by atoms with Gasteiger partial charge in [-0.25, -0.2) is 4.39 Å². The summed E-state index contributed by atoms with van der Waals surface area (Å²) in [6.45, 7) is 8.83. The maximum atomic E-state index is 13.8. The molecule has 0 saturated carbocycles. The van der Waals surface area contributed by atoms with Crippen LogP contribution in [0.2, 0.25) is 0 Å². The van der Waals surface area contributed by atoms with E-state index in [9.17, 15) is 4.39 Å². The Balaban J connectivity index is 2.17. The van der Waals surface area contributed by atoms with E-state index in [4.69, 9.17) is 5.73 Å². The number of hydrogen-bond donors (Lipinski definition) is 1. The van der Waals surface area contributed by atoms with Crippen molar-refractivity contribution < 1.29 is 4.39 Å². The van der Waals surface area contributed by atoms with Gasteiger partial charge in [-0.05, 0) is 52.6 Å². The molecule has 4 heteroatoms. The predicted molar refractivity (Wildman–Crippen MR) is 87.5 cm³/mol. The van der Waals surface area contributed by atoms with Crippen molar-refractivity contribution >= 4 is 27.3 Å². The van der Waals surface area contributed by atoms with Crippen LogP contribution in [0, 0.1) is 17.2 Å². The molecule has 1 aliphatic rings. The number of nitrogens with two attached hydrogens (primary N) is 1. The SMILES string of the molecule is CC(C)(C)C1CCCN(c2cc(F)c(Br)cc2N)CC1. The van der Waals surface area contributed by atoms with Crippen molar-refractivity contribution in [3.05, 3.63) is 22.4 Å². The molecule has 20 heavy (non-hydrogen) atoms. The van der Waals surface area contributed by atoms with Crippen molar-refractivity contribution in [1.82, 2.24) is 0 Å². The van der Waals surface area contributed by atoms with Crippen LogP contribution in [0.1, 0.15) is 40.0 Å². The van der Waals surface area contributed by atoms with E-state index in [1.807, 2.05) is 0 Å². The highest BCUT2D eigenvalue weighted by Crippen LogP contribution is 2.37. The van der Waals surface area contributed by atoms with Crippen LogP contribution in [0.15, 0.2) is 16.6 Å². The van der Waals surface area contributed by atoms with Gasteiger partial charge in [0.25, 0.3) is 0 Å². The molecule has 2 rings (SSSR count). The largest absolute Gasteiger partial charge is 0.397 e. The van der Waals surface area contributed by atoms with Gasteiger partial charge in [0.05, 0.1) is 15.8 Å². The highest BCUT2D eigenvalue weighted by molar-refractivity contribution is 9.10. The van der Waals surface area contributed by atoms with Gasteiger partial charge in [-0.3, -0.25) is 0 Å². The van der Waals surface area contributed by atoms with Crippen molar-refractivity contribution in [3.63, 3.8) is 0 Å². The highest BCUT2D eigenvalue weighted by atomic mass is 79.9. The molecule has 112 valence electrons. The maximum absolute atomic E-state index is 13.8. The second-order valence-electron chi connectivity index (χ2n) is 6.81. The first-order chi connectivity index (χ1) is 9.29.